The van der Waals surface area contributed by atoms with E-state index in [4.69, 9.17) is 9.47 Å². The lowest BCUT2D eigenvalue weighted by atomic mass is 9.96. The third-order valence-electron chi connectivity index (χ3n) is 6.23. The van der Waals surface area contributed by atoms with Gasteiger partial charge in [-0.05, 0) is 48.2 Å². The number of rotatable bonds is 9. The summed E-state index contributed by atoms with van der Waals surface area (Å²) in [5.41, 5.74) is 1.24. The first kappa shape index (κ1) is 24.9. The number of likely N-dealkylation sites (tertiary alicyclic amines) is 1. The van der Waals surface area contributed by atoms with Gasteiger partial charge in [0.1, 0.15) is 11.5 Å². The van der Waals surface area contributed by atoms with E-state index in [2.05, 4.69) is 23.7 Å². The molecule has 1 atom stereocenters. The maximum atomic E-state index is 13.1. The average Bonchev–Trinajstić information content (AvgIpc) is 3.13. The fourth-order valence-electron chi connectivity index (χ4n) is 4.41. The van der Waals surface area contributed by atoms with Crippen molar-refractivity contribution < 1.29 is 24.2 Å². The number of hydrogen-bond donors (Lipinski definition) is 1. The summed E-state index contributed by atoms with van der Waals surface area (Å²) in [5, 5.41) is 11.2. The highest BCUT2D eigenvalue weighted by Crippen LogP contribution is 2.39. The Morgan fingerprint density at radius 2 is 1.89 bits per heavy atom. The fourth-order valence-corrected chi connectivity index (χ4v) is 4.41. The number of ether oxygens (including phenoxy) is 2. The minimum atomic E-state index is -0.690. The Bertz CT molecular complexity index is 1050. The topological polar surface area (TPSA) is 92.2 Å². The smallest absolute Gasteiger partial charge is 0.295 e. The van der Waals surface area contributed by atoms with Gasteiger partial charge in [0.25, 0.3) is 11.7 Å². The predicted octanol–water partition coefficient (Wildman–Crippen LogP) is 3.26. The zero-order valence-electron chi connectivity index (χ0n) is 20.4. The summed E-state index contributed by atoms with van der Waals surface area (Å²) in [6.07, 6.45) is 4.00. The molecule has 1 N–H and O–H groups in total. The monoisotopic (exact) mass is 479 g/mol. The van der Waals surface area contributed by atoms with Gasteiger partial charge in [0.15, 0.2) is 0 Å². The molecule has 0 spiro atoms. The summed E-state index contributed by atoms with van der Waals surface area (Å²) < 4.78 is 11.1. The van der Waals surface area contributed by atoms with Crippen molar-refractivity contribution in [1.29, 1.82) is 0 Å². The second-order valence-electron chi connectivity index (χ2n) is 9.32. The Balaban J connectivity index is 1.59. The Morgan fingerprint density at radius 1 is 1.14 bits per heavy atom. The number of carbonyl (C=O) groups is 2. The number of hydrogen-bond acceptors (Lipinski definition) is 7. The Morgan fingerprint density at radius 3 is 2.54 bits per heavy atom. The lowest BCUT2D eigenvalue weighted by Gasteiger charge is -2.29. The van der Waals surface area contributed by atoms with Crippen molar-refractivity contribution in [2.24, 2.45) is 5.92 Å². The van der Waals surface area contributed by atoms with E-state index in [0.29, 0.717) is 55.6 Å². The second-order valence-corrected chi connectivity index (χ2v) is 9.32. The van der Waals surface area contributed by atoms with Crippen molar-refractivity contribution in [3.8, 4) is 5.75 Å². The molecular weight excluding hydrogens is 446 g/mol. The summed E-state index contributed by atoms with van der Waals surface area (Å²) >= 11 is 0. The lowest BCUT2D eigenvalue weighted by molar-refractivity contribution is -0.140. The number of pyridine rings is 1. The van der Waals surface area contributed by atoms with E-state index in [1.165, 1.54) is 0 Å². The third kappa shape index (κ3) is 5.89. The van der Waals surface area contributed by atoms with E-state index >= 15 is 0 Å². The van der Waals surface area contributed by atoms with Gasteiger partial charge in [-0.15, -0.1) is 0 Å². The van der Waals surface area contributed by atoms with Gasteiger partial charge in [0, 0.05) is 44.1 Å². The second kappa shape index (κ2) is 11.5. The van der Waals surface area contributed by atoms with Gasteiger partial charge in [-0.1, -0.05) is 19.9 Å². The van der Waals surface area contributed by atoms with Crippen LogP contribution in [-0.2, 0) is 14.3 Å². The number of Topliss-reactive ketones (excluding diaryl/α,β-unsaturated/α-hetero) is 1. The molecule has 0 radical (unpaired) electrons. The molecule has 2 aliphatic heterocycles. The van der Waals surface area contributed by atoms with Crippen molar-refractivity contribution in [2.75, 3.05) is 46.0 Å². The quantitative estimate of drug-likeness (QED) is 0.335. The van der Waals surface area contributed by atoms with Gasteiger partial charge >= 0.3 is 0 Å². The number of aliphatic hydroxyl groups is 1. The molecule has 0 saturated carbocycles. The molecule has 1 aromatic carbocycles. The largest absolute Gasteiger partial charge is 0.507 e. The van der Waals surface area contributed by atoms with Crippen LogP contribution in [0.25, 0.3) is 5.76 Å². The molecule has 0 bridgehead atoms. The molecule has 2 aliphatic rings. The zero-order valence-corrected chi connectivity index (χ0v) is 20.4. The van der Waals surface area contributed by atoms with Crippen molar-refractivity contribution in [1.82, 2.24) is 14.8 Å². The van der Waals surface area contributed by atoms with Gasteiger partial charge in [-0.2, -0.15) is 0 Å². The Labute approximate surface area is 206 Å². The van der Waals surface area contributed by atoms with E-state index in [-0.39, 0.29) is 11.3 Å². The molecule has 0 aliphatic carbocycles. The highest BCUT2D eigenvalue weighted by Gasteiger charge is 2.45. The van der Waals surface area contributed by atoms with Crippen molar-refractivity contribution in [2.45, 2.75) is 26.3 Å². The Hall–Kier alpha value is -3.23. The summed E-state index contributed by atoms with van der Waals surface area (Å²) in [5.74, 6) is -0.394. The minimum absolute atomic E-state index is 0.0882. The maximum Gasteiger partial charge on any atom is 0.295 e. The first-order valence-corrected chi connectivity index (χ1v) is 12.2. The van der Waals surface area contributed by atoms with E-state index in [0.717, 1.165) is 19.6 Å². The minimum Gasteiger partial charge on any atom is -0.507 e. The van der Waals surface area contributed by atoms with Gasteiger partial charge in [0.2, 0.25) is 0 Å². The number of benzene rings is 1. The molecule has 1 aromatic heterocycles. The van der Waals surface area contributed by atoms with Gasteiger partial charge in [0.05, 0.1) is 31.4 Å². The van der Waals surface area contributed by atoms with Crippen molar-refractivity contribution in [3.63, 3.8) is 0 Å². The fraction of sp³-hybridized carbons (Fsp3) is 0.444. The van der Waals surface area contributed by atoms with Gasteiger partial charge in [-0.25, -0.2) is 0 Å². The van der Waals surface area contributed by atoms with Crippen LogP contribution in [0.3, 0.4) is 0 Å². The first-order chi connectivity index (χ1) is 17.0. The van der Waals surface area contributed by atoms with Crippen molar-refractivity contribution in [3.05, 3.63) is 65.5 Å². The SMILES string of the molecule is CC(C)COc1ccc(/C(O)=C2/C(=O)C(=O)N(CCCN3CCOCC3)C2c2cccnc2)cc1. The molecule has 4 rings (SSSR count). The zero-order chi connectivity index (χ0) is 24.8. The first-order valence-electron chi connectivity index (χ1n) is 12.2. The highest BCUT2D eigenvalue weighted by atomic mass is 16.5. The van der Waals surface area contributed by atoms with Crippen LogP contribution in [0.5, 0.6) is 5.75 Å². The lowest BCUT2D eigenvalue weighted by Crippen LogP contribution is -2.39. The van der Waals surface area contributed by atoms with E-state index in [1.54, 1.807) is 47.6 Å². The van der Waals surface area contributed by atoms with E-state index < -0.39 is 17.7 Å². The summed E-state index contributed by atoms with van der Waals surface area (Å²) in [4.78, 5) is 34.3. The van der Waals surface area contributed by atoms with Crippen molar-refractivity contribution >= 4 is 17.4 Å². The molecule has 2 fully saturated rings. The van der Waals surface area contributed by atoms with Gasteiger partial charge in [-0.3, -0.25) is 19.5 Å². The third-order valence-corrected chi connectivity index (χ3v) is 6.23. The van der Waals surface area contributed by atoms with Crippen LogP contribution in [-0.4, -0.2) is 77.6 Å². The number of carbonyl (C=O) groups excluding carboxylic acids is 2. The van der Waals surface area contributed by atoms with E-state index in [1.807, 2.05) is 6.07 Å². The predicted molar refractivity (Wildman–Crippen MR) is 132 cm³/mol. The molecule has 35 heavy (non-hydrogen) atoms. The molecule has 3 heterocycles. The van der Waals surface area contributed by atoms with Gasteiger partial charge < -0.3 is 19.5 Å². The number of amides is 1. The van der Waals surface area contributed by atoms with Crippen LogP contribution in [0.15, 0.2) is 54.4 Å². The number of morpholine rings is 1. The molecule has 2 saturated heterocycles. The van der Waals surface area contributed by atoms with Crippen LogP contribution in [0.2, 0.25) is 0 Å². The standard InChI is InChI=1S/C27H33N3O5/c1-19(2)18-35-22-8-6-20(7-9-22)25(31)23-24(21-5-3-10-28-17-21)30(27(33)26(23)32)12-4-11-29-13-15-34-16-14-29/h3,5-10,17,19,24,31H,4,11-16,18H2,1-2H3/b25-23-. The van der Waals surface area contributed by atoms with E-state index in [9.17, 15) is 14.7 Å². The van der Waals surface area contributed by atoms with Crippen LogP contribution < -0.4 is 4.74 Å². The molecule has 1 amide bonds. The van der Waals surface area contributed by atoms with Crippen LogP contribution in [0.4, 0.5) is 0 Å². The highest BCUT2D eigenvalue weighted by molar-refractivity contribution is 6.46. The number of nitrogens with zero attached hydrogens (tertiary/aromatic N) is 3. The van der Waals surface area contributed by atoms with Crippen LogP contribution >= 0.6 is 0 Å². The number of aromatic nitrogens is 1. The molecule has 8 heteroatoms. The summed E-state index contributed by atoms with van der Waals surface area (Å²) in [7, 11) is 0. The molecule has 1 unspecified atom stereocenters. The summed E-state index contributed by atoms with van der Waals surface area (Å²) in [6.45, 7) is 9.08. The average molecular weight is 480 g/mol. The number of ketones is 1. The normalized spacial score (nSPS) is 20.5. The molecule has 2 aromatic rings. The maximum absolute atomic E-state index is 13.1. The molecule has 8 nitrogen and oxygen atoms in total. The Kier molecular flexibility index (Phi) is 8.15. The van der Waals surface area contributed by atoms with Crippen LogP contribution in [0.1, 0.15) is 37.4 Å². The summed E-state index contributed by atoms with van der Waals surface area (Å²) in [6, 6.07) is 9.84. The molecular formula is C27H33N3O5. The number of aliphatic hydroxyl groups excluding tert-OH is 1. The molecule has 186 valence electrons. The van der Waals surface area contributed by atoms with Crippen LogP contribution in [0, 0.1) is 5.92 Å².